The number of rotatable bonds is 7. The summed E-state index contributed by atoms with van der Waals surface area (Å²) in [6, 6.07) is 12.1. The highest BCUT2D eigenvalue weighted by atomic mass is 32.1. The van der Waals surface area contributed by atoms with Crippen molar-refractivity contribution in [1.29, 1.82) is 0 Å². The number of isothiocyanates is 1. The number of hydrogen-bond acceptors (Lipinski definition) is 3. The average Bonchev–Trinajstić information content (AvgIpc) is 2.53. The van der Waals surface area contributed by atoms with Gasteiger partial charge in [0.15, 0.2) is 0 Å². The van der Waals surface area contributed by atoms with Crippen molar-refractivity contribution in [3.8, 4) is 11.3 Å². The van der Waals surface area contributed by atoms with E-state index < -0.39 is 0 Å². The van der Waals surface area contributed by atoms with E-state index in [0.717, 1.165) is 23.4 Å². The Kier molecular flexibility index (Phi) is 6.26. The number of aryl methyl sites for hydroxylation is 1. The lowest BCUT2D eigenvalue weighted by molar-refractivity contribution is 0.666. The van der Waals surface area contributed by atoms with Crippen LogP contribution in [0.2, 0.25) is 0 Å². The van der Waals surface area contributed by atoms with E-state index in [4.69, 9.17) is 0 Å². The van der Waals surface area contributed by atoms with E-state index in [2.05, 4.69) is 46.4 Å². The van der Waals surface area contributed by atoms with Crippen LogP contribution >= 0.6 is 12.2 Å². The largest absolute Gasteiger partial charge is 0.256 e. The molecule has 0 atom stereocenters. The topological polar surface area (TPSA) is 25.2 Å². The van der Waals surface area contributed by atoms with Crippen LogP contribution in [0.1, 0.15) is 38.2 Å². The zero-order valence-corrected chi connectivity index (χ0v) is 13.2. The molecule has 0 unspecified atom stereocenters. The van der Waals surface area contributed by atoms with E-state index >= 15 is 0 Å². The first-order valence-electron chi connectivity index (χ1n) is 7.46. The van der Waals surface area contributed by atoms with Crippen LogP contribution in [-0.2, 0) is 6.42 Å². The minimum atomic E-state index is 0.821. The molecule has 1 heterocycles. The summed E-state index contributed by atoms with van der Waals surface area (Å²) < 4.78 is 0. The van der Waals surface area contributed by atoms with Crippen LogP contribution in [0.5, 0.6) is 0 Å². The quantitative estimate of drug-likeness (QED) is 0.377. The molecule has 2 aromatic rings. The molecule has 0 bridgehead atoms. The Morgan fingerprint density at radius 1 is 1.05 bits per heavy atom. The fourth-order valence-electron chi connectivity index (χ4n) is 2.26. The number of unbranched alkanes of at least 4 members (excludes halogenated alkanes) is 3. The molecule has 0 spiro atoms. The van der Waals surface area contributed by atoms with Gasteiger partial charge in [-0.05, 0) is 48.8 Å². The van der Waals surface area contributed by atoms with Gasteiger partial charge in [0, 0.05) is 11.8 Å². The van der Waals surface area contributed by atoms with Crippen LogP contribution in [0, 0.1) is 0 Å². The zero-order valence-electron chi connectivity index (χ0n) is 12.4. The van der Waals surface area contributed by atoms with Crippen LogP contribution < -0.4 is 0 Å². The Bertz CT molecular complexity index is 596. The molecule has 2 nitrogen and oxygen atoms in total. The summed E-state index contributed by atoms with van der Waals surface area (Å²) in [5.41, 5.74) is 4.22. The lowest BCUT2D eigenvalue weighted by Crippen LogP contribution is -1.89. The molecule has 2 rings (SSSR count). The predicted molar refractivity (Wildman–Crippen MR) is 92.2 cm³/mol. The highest BCUT2D eigenvalue weighted by Crippen LogP contribution is 2.21. The molecule has 0 saturated carbocycles. The Morgan fingerprint density at radius 3 is 2.48 bits per heavy atom. The normalized spacial score (nSPS) is 10.1. The van der Waals surface area contributed by atoms with Gasteiger partial charge in [0.1, 0.15) is 0 Å². The predicted octanol–water partition coefficient (Wildman–Crippen LogP) is 5.61. The molecular formula is C18H20N2S. The first-order chi connectivity index (χ1) is 10.3. The summed E-state index contributed by atoms with van der Waals surface area (Å²) in [7, 11) is 0. The lowest BCUT2D eigenvalue weighted by atomic mass is 10.1. The second kappa shape index (κ2) is 8.46. The highest BCUT2D eigenvalue weighted by Gasteiger charge is 2.00. The van der Waals surface area contributed by atoms with Gasteiger partial charge in [-0.15, -0.1) is 0 Å². The summed E-state index contributed by atoms with van der Waals surface area (Å²) in [6.07, 6.45) is 8.27. The number of hydrogen-bond donors (Lipinski definition) is 0. The molecule has 1 aromatic carbocycles. The van der Waals surface area contributed by atoms with Gasteiger partial charge in [-0.2, -0.15) is 4.99 Å². The van der Waals surface area contributed by atoms with Crippen molar-refractivity contribution < 1.29 is 0 Å². The summed E-state index contributed by atoms with van der Waals surface area (Å²) >= 11 is 4.60. The van der Waals surface area contributed by atoms with Crippen molar-refractivity contribution in [3.05, 3.63) is 48.2 Å². The van der Waals surface area contributed by atoms with Crippen LogP contribution in [0.25, 0.3) is 11.3 Å². The van der Waals surface area contributed by atoms with E-state index in [1.54, 1.807) is 0 Å². The smallest absolute Gasteiger partial charge is 0.0740 e. The van der Waals surface area contributed by atoms with Crippen LogP contribution in [0.4, 0.5) is 5.69 Å². The highest BCUT2D eigenvalue weighted by molar-refractivity contribution is 7.78. The van der Waals surface area contributed by atoms with Gasteiger partial charge < -0.3 is 0 Å². The first-order valence-corrected chi connectivity index (χ1v) is 7.87. The number of aliphatic imine (C=N–C) groups is 1. The standard InChI is InChI=1S/C18H20N2S/c1-2-3-4-5-6-15-7-12-18(19-13-15)16-8-10-17(11-9-16)20-14-21/h7-13H,2-6H2,1H3. The van der Waals surface area contributed by atoms with Gasteiger partial charge in [0.05, 0.1) is 16.5 Å². The molecule has 1 aromatic heterocycles. The Balaban J connectivity index is 1.99. The molecule has 108 valence electrons. The fourth-order valence-corrected chi connectivity index (χ4v) is 2.36. The number of thiocarbonyl (C=S) groups is 1. The van der Waals surface area contributed by atoms with Crippen LogP contribution in [-0.4, -0.2) is 10.1 Å². The number of benzene rings is 1. The molecule has 0 amide bonds. The maximum absolute atomic E-state index is 4.60. The minimum Gasteiger partial charge on any atom is -0.256 e. The molecule has 0 saturated heterocycles. The zero-order chi connectivity index (χ0) is 14.9. The molecular weight excluding hydrogens is 276 g/mol. The molecule has 0 fully saturated rings. The van der Waals surface area contributed by atoms with Crippen molar-refractivity contribution in [3.63, 3.8) is 0 Å². The summed E-state index contributed by atoms with van der Waals surface area (Å²) in [4.78, 5) is 8.51. The van der Waals surface area contributed by atoms with Crippen molar-refractivity contribution >= 4 is 23.1 Å². The third kappa shape index (κ3) is 4.89. The van der Waals surface area contributed by atoms with E-state index in [1.165, 1.54) is 31.2 Å². The Hall–Kier alpha value is -1.83. The Labute approximate surface area is 132 Å². The average molecular weight is 296 g/mol. The first kappa shape index (κ1) is 15.6. The molecule has 21 heavy (non-hydrogen) atoms. The molecule has 0 N–H and O–H groups in total. The lowest BCUT2D eigenvalue weighted by Gasteiger charge is -2.04. The third-order valence-corrected chi connectivity index (χ3v) is 3.57. The van der Waals surface area contributed by atoms with Gasteiger partial charge in [0.25, 0.3) is 0 Å². The van der Waals surface area contributed by atoms with Crippen molar-refractivity contribution in [2.75, 3.05) is 0 Å². The van der Waals surface area contributed by atoms with Gasteiger partial charge in [-0.25, -0.2) is 0 Å². The summed E-state index contributed by atoms with van der Waals surface area (Å²) in [6.45, 7) is 2.24. The molecule has 3 heteroatoms. The molecule has 0 aliphatic carbocycles. The summed E-state index contributed by atoms with van der Waals surface area (Å²) in [5, 5.41) is 2.37. The maximum Gasteiger partial charge on any atom is 0.0740 e. The molecule has 0 aliphatic rings. The van der Waals surface area contributed by atoms with Gasteiger partial charge >= 0.3 is 0 Å². The monoisotopic (exact) mass is 296 g/mol. The van der Waals surface area contributed by atoms with Crippen LogP contribution in [0.15, 0.2) is 47.6 Å². The van der Waals surface area contributed by atoms with Gasteiger partial charge in [-0.1, -0.05) is 44.4 Å². The third-order valence-electron chi connectivity index (χ3n) is 3.48. The number of pyridine rings is 1. The van der Waals surface area contributed by atoms with Crippen molar-refractivity contribution in [2.45, 2.75) is 39.0 Å². The van der Waals surface area contributed by atoms with E-state index in [-0.39, 0.29) is 0 Å². The molecule has 0 radical (unpaired) electrons. The maximum atomic E-state index is 4.60. The SMILES string of the molecule is CCCCCCc1ccc(-c2ccc(N=C=S)cc2)nc1. The van der Waals surface area contributed by atoms with E-state index in [9.17, 15) is 0 Å². The van der Waals surface area contributed by atoms with Crippen molar-refractivity contribution in [2.24, 2.45) is 4.99 Å². The number of aromatic nitrogens is 1. The molecule has 0 aliphatic heterocycles. The minimum absolute atomic E-state index is 0.821. The second-order valence-electron chi connectivity index (χ2n) is 5.11. The Morgan fingerprint density at radius 2 is 1.86 bits per heavy atom. The van der Waals surface area contributed by atoms with Crippen molar-refractivity contribution in [1.82, 2.24) is 4.98 Å². The van der Waals surface area contributed by atoms with Gasteiger partial charge in [0.2, 0.25) is 0 Å². The summed E-state index contributed by atoms with van der Waals surface area (Å²) in [5.74, 6) is 0. The number of nitrogens with zero attached hydrogens (tertiary/aromatic N) is 2. The second-order valence-corrected chi connectivity index (χ2v) is 5.29. The van der Waals surface area contributed by atoms with E-state index in [0.29, 0.717) is 0 Å². The fraction of sp³-hybridized carbons (Fsp3) is 0.333. The van der Waals surface area contributed by atoms with E-state index in [1.807, 2.05) is 30.5 Å². The van der Waals surface area contributed by atoms with Crippen LogP contribution in [0.3, 0.4) is 0 Å². The van der Waals surface area contributed by atoms with Gasteiger partial charge in [-0.3, -0.25) is 4.98 Å².